The van der Waals surface area contributed by atoms with Crippen molar-refractivity contribution in [2.24, 2.45) is 0 Å². The predicted octanol–water partition coefficient (Wildman–Crippen LogP) is 15.3. The monoisotopic (exact) mass is 1010 g/mol. The van der Waals surface area contributed by atoms with Gasteiger partial charge in [-0.15, -0.1) is 0 Å². The molecule has 0 aromatic rings. The normalized spacial score (nSPS) is 12.6. The summed E-state index contributed by atoms with van der Waals surface area (Å²) in [6.45, 7) is 6.16. The van der Waals surface area contributed by atoms with Gasteiger partial charge in [0.05, 0.1) is 0 Å². The lowest BCUT2D eigenvalue weighted by atomic mass is 10.0. The van der Waals surface area contributed by atoms with Crippen molar-refractivity contribution in [2.45, 2.75) is 309 Å². The summed E-state index contributed by atoms with van der Waals surface area (Å²) in [5.41, 5.74) is 0. The number of hydrogen-bond acceptors (Lipinski definition) is 10. The van der Waals surface area contributed by atoms with Gasteiger partial charge in [-0.1, -0.05) is 252 Å². The van der Waals surface area contributed by atoms with Gasteiger partial charge in [-0.3, -0.25) is 19.2 Å². The molecular weight excluding hydrogens is 905 g/mol. The minimum atomic E-state index is -1.12. The highest BCUT2D eigenvalue weighted by Crippen LogP contribution is 2.17. The summed E-state index contributed by atoms with van der Waals surface area (Å²) >= 11 is 8.58. The Balaban J connectivity index is 4.84. The Bertz CT molecular complexity index is 1210. The molecule has 69 heavy (non-hydrogen) atoms. The first-order chi connectivity index (χ1) is 33.7. The Morgan fingerprint density at radius 2 is 0.667 bits per heavy atom. The van der Waals surface area contributed by atoms with Gasteiger partial charge in [0, 0.05) is 30.8 Å². The smallest absolute Gasteiger partial charge is 0.329 e. The molecule has 0 saturated carbocycles. The average molecular weight is 1010 g/mol. The Morgan fingerprint density at radius 1 is 0.362 bits per heavy atom. The number of carbonyl (C=O) groups is 5. The predicted molar refractivity (Wildman–Crippen MR) is 294 cm³/mol. The molecule has 2 amide bonds. The quantitative estimate of drug-likeness (QED) is 0.0205. The number of ether oxygens (including phenoxy) is 3. The van der Waals surface area contributed by atoms with Crippen molar-refractivity contribution in [3.8, 4) is 0 Å². The SMILES string of the molecule is CCCCCCCCCCCCCCCC(=O)N[C@@H](CS)C(=O)N[C@@H](CS)C(=O)OCC(COC(=O)CCCCCCCCCCCCCCC)OC(=O)CCCCCCCCCCCCCCC. The van der Waals surface area contributed by atoms with E-state index >= 15 is 0 Å². The van der Waals surface area contributed by atoms with Crippen LogP contribution in [0.5, 0.6) is 0 Å². The van der Waals surface area contributed by atoms with E-state index in [0.717, 1.165) is 57.8 Å². The highest BCUT2D eigenvalue weighted by molar-refractivity contribution is 7.80. The first-order valence-electron chi connectivity index (χ1n) is 29.0. The standard InChI is InChI=1S/C57H108N2O8S2/c1-4-7-10-13-16-19-22-25-28-31-34-37-40-43-53(60)58-51(48-68)56(63)59-52(49-69)57(64)66-47-50(67-55(62)45-42-39-36-33-30-27-24-21-18-15-12-9-6-3)46-65-54(61)44-41-38-35-32-29-26-23-20-17-14-11-8-5-2/h50-52,68-69H,4-49H2,1-3H3,(H,58,60)(H,59,63)/t50?,51-,52-/m0/s1. The topological polar surface area (TPSA) is 137 Å². The van der Waals surface area contributed by atoms with Gasteiger partial charge >= 0.3 is 17.9 Å². The van der Waals surface area contributed by atoms with Gasteiger partial charge in [0.1, 0.15) is 25.3 Å². The van der Waals surface area contributed by atoms with E-state index in [9.17, 15) is 24.0 Å². The summed E-state index contributed by atoms with van der Waals surface area (Å²) in [4.78, 5) is 64.9. The zero-order valence-electron chi connectivity index (χ0n) is 44.9. The van der Waals surface area contributed by atoms with E-state index in [2.05, 4.69) is 56.7 Å². The first kappa shape index (κ1) is 67.0. The second-order valence-corrected chi connectivity index (χ2v) is 20.7. The van der Waals surface area contributed by atoms with E-state index < -0.39 is 36.0 Å². The van der Waals surface area contributed by atoms with Crippen LogP contribution in [-0.2, 0) is 38.2 Å². The van der Waals surface area contributed by atoms with Crippen LogP contribution >= 0.6 is 25.3 Å². The fraction of sp³-hybridized carbons (Fsp3) is 0.912. The number of thiol groups is 2. The average Bonchev–Trinajstić information content (AvgIpc) is 3.34. The minimum absolute atomic E-state index is 0.0481. The number of esters is 3. The van der Waals surface area contributed by atoms with Crippen LogP contribution in [0.25, 0.3) is 0 Å². The highest BCUT2D eigenvalue weighted by atomic mass is 32.1. The zero-order valence-corrected chi connectivity index (χ0v) is 46.7. The van der Waals surface area contributed by atoms with Crippen LogP contribution in [0.1, 0.15) is 290 Å². The van der Waals surface area contributed by atoms with Gasteiger partial charge < -0.3 is 24.8 Å². The fourth-order valence-corrected chi connectivity index (χ4v) is 9.18. The van der Waals surface area contributed by atoms with E-state index in [0.29, 0.717) is 12.8 Å². The van der Waals surface area contributed by atoms with Gasteiger partial charge in [0.25, 0.3) is 0 Å². The number of hydrogen-bond donors (Lipinski definition) is 4. The fourth-order valence-electron chi connectivity index (χ4n) is 8.68. The van der Waals surface area contributed by atoms with E-state index in [4.69, 9.17) is 14.2 Å². The van der Waals surface area contributed by atoms with Crippen molar-refractivity contribution < 1.29 is 38.2 Å². The van der Waals surface area contributed by atoms with Gasteiger partial charge in [-0.05, 0) is 19.3 Å². The zero-order chi connectivity index (χ0) is 50.7. The maximum Gasteiger partial charge on any atom is 0.329 e. The maximum absolute atomic E-state index is 13.2. The van der Waals surface area contributed by atoms with E-state index in [1.165, 1.54) is 186 Å². The summed E-state index contributed by atoms with van der Waals surface area (Å²) in [5, 5.41) is 5.39. The lowest BCUT2D eigenvalue weighted by Crippen LogP contribution is -2.53. The van der Waals surface area contributed by atoms with Gasteiger partial charge in [0.15, 0.2) is 6.10 Å². The summed E-state index contributed by atoms with van der Waals surface area (Å²) in [7, 11) is 0. The van der Waals surface area contributed by atoms with Gasteiger partial charge in [-0.2, -0.15) is 25.3 Å². The molecule has 406 valence electrons. The molecule has 0 heterocycles. The second kappa shape index (κ2) is 52.4. The molecule has 0 rings (SSSR count). The van der Waals surface area contributed by atoms with Gasteiger partial charge in [0.2, 0.25) is 11.8 Å². The molecule has 0 bridgehead atoms. The molecule has 0 saturated heterocycles. The Labute approximate surface area is 435 Å². The lowest BCUT2D eigenvalue weighted by Gasteiger charge is -2.22. The Morgan fingerprint density at radius 3 is 1.01 bits per heavy atom. The molecule has 0 fully saturated rings. The van der Waals surface area contributed by atoms with Crippen molar-refractivity contribution >= 4 is 55.0 Å². The number of carbonyl (C=O) groups excluding carboxylic acids is 5. The first-order valence-corrected chi connectivity index (χ1v) is 30.3. The Hall–Kier alpha value is -1.95. The number of rotatable bonds is 53. The molecule has 3 atom stereocenters. The largest absolute Gasteiger partial charge is 0.462 e. The van der Waals surface area contributed by atoms with Crippen LogP contribution in [0.15, 0.2) is 0 Å². The lowest BCUT2D eigenvalue weighted by molar-refractivity contribution is -0.167. The van der Waals surface area contributed by atoms with Crippen LogP contribution in [0, 0.1) is 0 Å². The molecular formula is C57H108N2O8S2. The summed E-state index contributed by atoms with van der Waals surface area (Å²) in [6.07, 6.45) is 47.0. The third-order valence-corrected chi connectivity index (χ3v) is 14.0. The summed E-state index contributed by atoms with van der Waals surface area (Å²) in [6, 6.07) is -2.06. The second-order valence-electron chi connectivity index (χ2n) is 19.9. The van der Waals surface area contributed by atoms with Crippen LogP contribution in [0.3, 0.4) is 0 Å². The third kappa shape index (κ3) is 45.6. The van der Waals surface area contributed by atoms with Crippen molar-refractivity contribution in [1.82, 2.24) is 10.6 Å². The number of unbranched alkanes of at least 4 members (excludes halogenated alkanes) is 36. The molecule has 12 heteroatoms. The van der Waals surface area contributed by atoms with Crippen LogP contribution in [-0.4, -0.2) is 72.6 Å². The van der Waals surface area contributed by atoms with Crippen LogP contribution < -0.4 is 10.6 Å². The molecule has 10 nitrogen and oxygen atoms in total. The molecule has 2 N–H and O–H groups in total. The molecule has 0 aromatic heterocycles. The highest BCUT2D eigenvalue weighted by Gasteiger charge is 2.28. The van der Waals surface area contributed by atoms with E-state index in [1.807, 2.05) is 0 Å². The van der Waals surface area contributed by atoms with Crippen molar-refractivity contribution in [3.05, 3.63) is 0 Å². The van der Waals surface area contributed by atoms with Crippen LogP contribution in [0.4, 0.5) is 0 Å². The molecule has 0 spiro atoms. The minimum Gasteiger partial charge on any atom is -0.462 e. The van der Waals surface area contributed by atoms with Crippen LogP contribution in [0.2, 0.25) is 0 Å². The summed E-state index contributed by atoms with van der Waals surface area (Å²) in [5.74, 6) is -2.40. The molecule has 0 aliphatic rings. The van der Waals surface area contributed by atoms with Crippen molar-refractivity contribution in [1.29, 1.82) is 0 Å². The van der Waals surface area contributed by atoms with Gasteiger partial charge in [-0.25, -0.2) is 4.79 Å². The number of nitrogens with one attached hydrogen (secondary N) is 2. The van der Waals surface area contributed by atoms with E-state index in [-0.39, 0.29) is 49.4 Å². The summed E-state index contributed by atoms with van der Waals surface area (Å²) < 4.78 is 16.8. The van der Waals surface area contributed by atoms with Crippen molar-refractivity contribution in [3.63, 3.8) is 0 Å². The molecule has 0 aromatic carbocycles. The third-order valence-electron chi connectivity index (χ3n) is 13.2. The number of amides is 2. The molecule has 1 unspecified atom stereocenters. The van der Waals surface area contributed by atoms with E-state index in [1.54, 1.807) is 0 Å². The molecule has 0 radical (unpaired) electrons. The molecule has 0 aliphatic carbocycles. The van der Waals surface area contributed by atoms with Crippen molar-refractivity contribution in [2.75, 3.05) is 24.7 Å². The molecule has 0 aliphatic heterocycles. The Kier molecular flexibility index (Phi) is 50.9. The maximum atomic E-state index is 13.2.